The Morgan fingerprint density at radius 1 is 0.810 bits per heavy atom. The Morgan fingerprint density at radius 3 is 2.43 bits per heavy atom. The van der Waals surface area contributed by atoms with E-state index >= 15 is 0 Å². The summed E-state index contributed by atoms with van der Waals surface area (Å²) in [6, 6.07) is 22.7. The molecule has 4 rings (SSSR count). The van der Waals surface area contributed by atoms with Gasteiger partial charge in [-0.2, -0.15) is 0 Å². The summed E-state index contributed by atoms with van der Waals surface area (Å²) >= 11 is 0. The first-order valence-electron chi connectivity index (χ1n) is 7.00. The van der Waals surface area contributed by atoms with Gasteiger partial charge >= 0.3 is 0 Å². The van der Waals surface area contributed by atoms with Gasteiger partial charge in [0.2, 0.25) is 0 Å². The maximum absolute atomic E-state index is 5.88. The number of anilines is 1. The number of pyridine rings is 1. The SMILES string of the molecule is Nc1ccc2c3ccccc3n(Cc3ccccc3)c2n1. The van der Waals surface area contributed by atoms with Gasteiger partial charge in [-0.3, -0.25) is 0 Å². The lowest BCUT2D eigenvalue weighted by molar-refractivity contribution is 0.857. The number of aromatic nitrogens is 2. The molecule has 0 saturated heterocycles. The van der Waals surface area contributed by atoms with E-state index < -0.39 is 0 Å². The fourth-order valence-electron chi connectivity index (χ4n) is 2.86. The second-order valence-electron chi connectivity index (χ2n) is 5.20. The van der Waals surface area contributed by atoms with Crippen LogP contribution in [0.4, 0.5) is 5.82 Å². The first-order valence-corrected chi connectivity index (χ1v) is 7.00. The molecular formula is C18H15N3. The second kappa shape index (κ2) is 4.63. The Balaban J connectivity index is 2.02. The lowest BCUT2D eigenvalue weighted by atomic mass is 10.2. The molecule has 0 aliphatic carbocycles. The Morgan fingerprint density at radius 2 is 1.57 bits per heavy atom. The summed E-state index contributed by atoms with van der Waals surface area (Å²) in [4.78, 5) is 4.55. The van der Waals surface area contributed by atoms with Gasteiger partial charge in [-0.1, -0.05) is 48.5 Å². The van der Waals surface area contributed by atoms with Crippen molar-refractivity contribution in [1.29, 1.82) is 0 Å². The quantitative estimate of drug-likeness (QED) is 0.603. The van der Waals surface area contributed by atoms with Crippen molar-refractivity contribution in [3.8, 4) is 0 Å². The third-order valence-corrected chi connectivity index (χ3v) is 3.82. The highest BCUT2D eigenvalue weighted by Crippen LogP contribution is 2.29. The van der Waals surface area contributed by atoms with Gasteiger partial charge in [-0.05, 0) is 23.8 Å². The van der Waals surface area contributed by atoms with Crippen LogP contribution < -0.4 is 5.73 Å². The minimum absolute atomic E-state index is 0.555. The van der Waals surface area contributed by atoms with Crippen LogP contribution in [0.2, 0.25) is 0 Å². The molecule has 2 aromatic carbocycles. The van der Waals surface area contributed by atoms with Crippen molar-refractivity contribution in [2.75, 3.05) is 5.73 Å². The molecule has 0 radical (unpaired) electrons. The van der Waals surface area contributed by atoms with Crippen molar-refractivity contribution >= 4 is 27.8 Å². The van der Waals surface area contributed by atoms with E-state index in [1.54, 1.807) is 0 Å². The Hall–Kier alpha value is -2.81. The summed E-state index contributed by atoms with van der Waals surface area (Å²) in [7, 11) is 0. The number of para-hydroxylation sites is 1. The Labute approximate surface area is 122 Å². The van der Waals surface area contributed by atoms with Crippen molar-refractivity contribution in [2.24, 2.45) is 0 Å². The molecule has 2 aromatic heterocycles. The van der Waals surface area contributed by atoms with Crippen LogP contribution in [-0.2, 0) is 6.54 Å². The van der Waals surface area contributed by atoms with E-state index in [9.17, 15) is 0 Å². The van der Waals surface area contributed by atoms with Crippen LogP contribution in [-0.4, -0.2) is 9.55 Å². The summed E-state index contributed by atoms with van der Waals surface area (Å²) in [6.45, 7) is 0.793. The standard InChI is InChI=1S/C18H15N3/c19-17-11-10-15-14-8-4-5-9-16(14)21(18(15)20-17)12-13-6-2-1-3-7-13/h1-11H,12H2,(H2,19,20). The fourth-order valence-corrected chi connectivity index (χ4v) is 2.86. The molecule has 0 bridgehead atoms. The number of benzene rings is 2. The molecule has 0 spiro atoms. The zero-order valence-electron chi connectivity index (χ0n) is 11.5. The molecule has 0 aliphatic heterocycles. The van der Waals surface area contributed by atoms with Crippen LogP contribution in [0.15, 0.2) is 66.7 Å². The summed E-state index contributed by atoms with van der Waals surface area (Å²) in [5.74, 6) is 0.555. The molecule has 2 heterocycles. The van der Waals surface area contributed by atoms with Gasteiger partial charge in [0.15, 0.2) is 0 Å². The second-order valence-corrected chi connectivity index (χ2v) is 5.20. The van der Waals surface area contributed by atoms with Crippen LogP contribution in [0.25, 0.3) is 21.9 Å². The van der Waals surface area contributed by atoms with E-state index in [2.05, 4.69) is 64.1 Å². The lowest BCUT2D eigenvalue weighted by Gasteiger charge is -2.07. The molecule has 4 aromatic rings. The van der Waals surface area contributed by atoms with Gasteiger partial charge in [0, 0.05) is 17.3 Å². The molecular weight excluding hydrogens is 258 g/mol. The zero-order valence-corrected chi connectivity index (χ0v) is 11.5. The Kier molecular flexibility index (Phi) is 2.64. The number of hydrogen-bond acceptors (Lipinski definition) is 2. The number of fused-ring (bicyclic) bond motifs is 3. The highest BCUT2D eigenvalue weighted by atomic mass is 15.1. The van der Waals surface area contributed by atoms with Crippen molar-refractivity contribution in [3.63, 3.8) is 0 Å². The molecule has 0 unspecified atom stereocenters. The number of hydrogen-bond donors (Lipinski definition) is 1. The average Bonchev–Trinajstić information content (AvgIpc) is 2.82. The van der Waals surface area contributed by atoms with Gasteiger partial charge in [-0.15, -0.1) is 0 Å². The van der Waals surface area contributed by atoms with E-state index in [0.717, 1.165) is 17.6 Å². The van der Waals surface area contributed by atoms with Gasteiger partial charge in [-0.25, -0.2) is 4.98 Å². The molecule has 21 heavy (non-hydrogen) atoms. The highest BCUT2D eigenvalue weighted by molar-refractivity contribution is 6.07. The topological polar surface area (TPSA) is 43.8 Å². The maximum atomic E-state index is 5.88. The number of nitrogens with zero attached hydrogens (tertiary/aromatic N) is 2. The summed E-state index contributed by atoms with van der Waals surface area (Å²) in [6.07, 6.45) is 0. The molecule has 0 aliphatic rings. The Bertz CT molecular complexity index is 923. The van der Waals surface area contributed by atoms with Crippen molar-refractivity contribution in [1.82, 2.24) is 9.55 Å². The van der Waals surface area contributed by atoms with E-state index in [4.69, 9.17) is 5.73 Å². The minimum atomic E-state index is 0.555. The first-order chi connectivity index (χ1) is 10.3. The maximum Gasteiger partial charge on any atom is 0.143 e. The lowest BCUT2D eigenvalue weighted by Crippen LogP contribution is -2.01. The third kappa shape index (κ3) is 1.94. The molecule has 0 amide bonds. The number of rotatable bonds is 2. The van der Waals surface area contributed by atoms with Crippen molar-refractivity contribution in [2.45, 2.75) is 6.54 Å². The number of nitrogen functional groups attached to an aromatic ring is 1. The normalized spacial score (nSPS) is 11.2. The van der Waals surface area contributed by atoms with Crippen LogP contribution in [0.1, 0.15) is 5.56 Å². The molecule has 3 nitrogen and oxygen atoms in total. The first kappa shape index (κ1) is 12.0. The summed E-state index contributed by atoms with van der Waals surface area (Å²) in [5.41, 5.74) is 9.27. The molecule has 0 atom stereocenters. The molecule has 102 valence electrons. The van der Waals surface area contributed by atoms with Gasteiger partial charge < -0.3 is 10.3 Å². The van der Waals surface area contributed by atoms with E-state index in [1.807, 2.05) is 12.1 Å². The third-order valence-electron chi connectivity index (χ3n) is 3.82. The zero-order chi connectivity index (χ0) is 14.2. The highest BCUT2D eigenvalue weighted by Gasteiger charge is 2.11. The van der Waals surface area contributed by atoms with E-state index in [0.29, 0.717) is 5.82 Å². The predicted molar refractivity (Wildman–Crippen MR) is 87.2 cm³/mol. The van der Waals surface area contributed by atoms with Crippen LogP contribution >= 0.6 is 0 Å². The summed E-state index contributed by atoms with van der Waals surface area (Å²) in [5, 5.41) is 2.37. The van der Waals surface area contributed by atoms with E-state index in [-0.39, 0.29) is 0 Å². The predicted octanol–water partition coefficient (Wildman–Crippen LogP) is 3.82. The summed E-state index contributed by atoms with van der Waals surface area (Å²) < 4.78 is 2.23. The molecule has 3 heteroatoms. The van der Waals surface area contributed by atoms with Gasteiger partial charge in [0.05, 0.1) is 5.52 Å². The van der Waals surface area contributed by atoms with E-state index in [1.165, 1.54) is 16.5 Å². The fraction of sp³-hybridized carbons (Fsp3) is 0.0556. The largest absolute Gasteiger partial charge is 0.384 e. The number of nitrogens with two attached hydrogens (primary N) is 1. The van der Waals surface area contributed by atoms with Crippen molar-refractivity contribution in [3.05, 3.63) is 72.3 Å². The van der Waals surface area contributed by atoms with Gasteiger partial charge in [0.25, 0.3) is 0 Å². The van der Waals surface area contributed by atoms with Crippen LogP contribution in [0.3, 0.4) is 0 Å². The average molecular weight is 273 g/mol. The smallest absolute Gasteiger partial charge is 0.143 e. The van der Waals surface area contributed by atoms with Crippen LogP contribution in [0, 0.1) is 0 Å². The van der Waals surface area contributed by atoms with Crippen LogP contribution in [0.5, 0.6) is 0 Å². The van der Waals surface area contributed by atoms with Crippen molar-refractivity contribution < 1.29 is 0 Å². The molecule has 2 N–H and O–H groups in total. The monoisotopic (exact) mass is 273 g/mol. The van der Waals surface area contributed by atoms with Gasteiger partial charge in [0.1, 0.15) is 11.5 Å². The molecule has 0 saturated carbocycles. The molecule has 0 fully saturated rings. The minimum Gasteiger partial charge on any atom is -0.384 e.